The molecule has 0 amide bonds. The van der Waals surface area contributed by atoms with E-state index in [-0.39, 0.29) is 24.0 Å². The van der Waals surface area contributed by atoms with Gasteiger partial charge in [-0.15, -0.1) is 34.2 Å². The molecule has 7 nitrogen and oxygen atoms in total. The lowest BCUT2D eigenvalue weighted by Gasteiger charge is -2.20. The van der Waals surface area contributed by atoms with E-state index in [2.05, 4.69) is 43.3 Å². The molecule has 1 atom stereocenters. The number of halogens is 2. The molecule has 1 unspecified atom stereocenters. The normalized spacial score (nSPS) is 18.6. The topological polar surface area (TPSA) is 70.4 Å². The van der Waals surface area contributed by atoms with Gasteiger partial charge in [-0.2, -0.15) is 0 Å². The maximum absolute atomic E-state index is 6.16. The van der Waals surface area contributed by atoms with E-state index >= 15 is 0 Å². The predicted octanol–water partition coefficient (Wildman–Crippen LogP) is 4.04. The van der Waals surface area contributed by atoms with Gasteiger partial charge in [0.25, 0.3) is 0 Å². The van der Waals surface area contributed by atoms with Crippen molar-refractivity contribution in [2.75, 3.05) is 31.1 Å². The minimum absolute atomic E-state index is 0. The highest BCUT2D eigenvalue weighted by Gasteiger charge is 2.23. The predicted molar refractivity (Wildman–Crippen MR) is 142 cm³/mol. The van der Waals surface area contributed by atoms with Gasteiger partial charge in [0.05, 0.1) is 0 Å². The van der Waals surface area contributed by atoms with E-state index in [0.29, 0.717) is 6.04 Å². The van der Waals surface area contributed by atoms with Crippen molar-refractivity contribution in [2.24, 2.45) is 4.99 Å². The number of fused-ring (bicyclic) bond motifs is 1. The number of hydrogen-bond acceptors (Lipinski definition) is 4. The molecule has 2 aliphatic heterocycles. The Morgan fingerprint density at radius 2 is 2.12 bits per heavy atom. The summed E-state index contributed by atoms with van der Waals surface area (Å²) < 4.78 is 2.34. The van der Waals surface area contributed by atoms with Crippen LogP contribution in [0.25, 0.3) is 0 Å². The Kier molecular flexibility index (Phi) is 9.90. The number of hydrogen-bond donors (Lipinski definition) is 2. The van der Waals surface area contributed by atoms with E-state index < -0.39 is 0 Å². The number of guanidine groups is 1. The Hall–Kier alpha value is -1.55. The highest BCUT2D eigenvalue weighted by molar-refractivity contribution is 14.0. The lowest BCUT2D eigenvalue weighted by atomic mass is 10.2. The summed E-state index contributed by atoms with van der Waals surface area (Å²) in [5, 5.41) is 16.6. The van der Waals surface area contributed by atoms with Crippen LogP contribution < -0.4 is 15.5 Å². The Morgan fingerprint density at radius 1 is 1.22 bits per heavy atom. The molecule has 176 valence electrons. The van der Waals surface area contributed by atoms with Gasteiger partial charge in [-0.3, -0.25) is 4.99 Å². The van der Waals surface area contributed by atoms with Crippen LogP contribution in [0.5, 0.6) is 0 Å². The first kappa shape index (κ1) is 25.1. The summed E-state index contributed by atoms with van der Waals surface area (Å²) in [7, 11) is 0. The van der Waals surface area contributed by atoms with Gasteiger partial charge in [0.1, 0.15) is 11.6 Å². The fourth-order valence-electron chi connectivity index (χ4n) is 4.46. The molecule has 1 saturated heterocycles. The Balaban J connectivity index is 0.00000289. The molecule has 2 N–H and O–H groups in total. The zero-order valence-electron chi connectivity index (χ0n) is 18.9. The van der Waals surface area contributed by atoms with Gasteiger partial charge in [0.15, 0.2) is 5.96 Å². The fourth-order valence-corrected chi connectivity index (χ4v) is 4.64. The van der Waals surface area contributed by atoms with E-state index in [4.69, 9.17) is 16.6 Å². The number of anilines is 1. The second kappa shape index (κ2) is 12.6. The molecule has 4 rings (SSSR count). The first-order chi connectivity index (χ1) is 15.2. The number of aliphatic imine (C=N–C) groups is 1. The molecule has 2 aromatic rings. The summed E-state index contributed by atoms with van der Waals surface area (Å²) in [6, 6.07) is 8.47. The largest absolute Gasteiger partial charge is 0.369 e. The second-order valence-corrected chi connectivity index (χ2v) is 8.85. The molecule has 0 saturated carbocycles. The molecule has 1 aromatic carbocycles. The zero-order valence-corrected chi connectivity index (χ0v) is 22.0. The van der Waals surface area contributed by atoms with Crippen LogP contribution in [0.1, 0.15) is 50.7 Å². The van der Waals surface area contributed by atoms with Gasteiger partial charge in [-0.1, -0.05) is 24.1 Å². The summed E-state index contributed by atoms with van der Waals surface area (Å²) in [5.74, 6) is 3.19. The molecule has 0 bridgehead atoms. The van der Waals surface area contributed by atoms with Crippen LogP contribution in [0.4, 0.5) is 5.69 Å². The first-order valence-corrected chi connectivity index (χ1v) is 12.1. The van der Waals surface area contributed by atoms with Crippen molar-refractivity contribution in [1.29, 1.82) is 0 Å². The monoisotopic (exact) mass is 571 g/mol. The fraction of sp³-hybridized carbons (Fsp3) is 0.609. The number of nitrogens with one attached hydrogen (secondary N) is 2. The van der Waals surface area contributed by atoms with E-state index in [1.165, 1.54) is 24.9 Å². The standard InChI is InChI=1S/C23H34ClN7.HI/c1-2-25-23(27-19-12-15-30(17-19)20-9-6-8-18(24)16-20)26-13-7-11-22-29-28-21-10-4-3-5-14-31(21)22;/h6,8-9,16,19H,2-5,7,10-15,17H2,1H3,(H2,25,26,27);1H. The molecular weight excluding hydrogens is 537 g/mol. The van der Waals surface area contributed by atoms with E-state index in [1.54, 1.807) is 0 Å². The third-order valence-electron chi connectivity index (χ3n) is 6.06. The van der Waals surface area contributed by atoms with Gasteiger partial charge in [0, 0.05) is 62.3 Å². The summed E-state index contributed by atoms with van der Waals surface area (Å²) in [5.41, 5.74) is 1.19. The second-order valence-electron chi connectivity index (χ2n) is 8.41. The minimum Gasteiger partial charge on any atom is -0.369 e. The smallest absolute Gasteiger partial charge is 0.191 e. The van der Waals surface area contributed by atoms with Gasteiger partial charge >= 0.3 is 0 Å². The molecule has 0 aliphatic carbocycles. The van der Waals surface area contributed by atoms with Crippen molar-refractivity contribution in [2.45, 2.75) is 64.5 Å². The Morgan fingerprint density at radius 3 is 2.97 bits per heavy atom. The molecule has 3 heterocycles. The van der Waals surface area contributed by atoms with Crippen LogP contribution in [0, 0.1) is 0 Å². The SMILES string of the molecule is CCNC(=NCCCc1nnc2n1CCCCC2)NC1CCN(c2cccc(Cl)c2)C1.I. The van der Waals surface area contributed by atoms with Crippen LogP contribution in [0.15, 0.2) is 29.3 Å². The average Bonchev–Trinajstić information content (AvgIpc) is 3.31. The number of rotatable bonds is 7. The lowest BCUT2D eigenvalue weighted by molar-refractivity contribution is 0.596. The molecule has 1 fully saturated rings. The molecule has 9 heteroatoms. The first-order valence-electron chi connectivity index (χ1n) is 11.7. The van der Waals surface area contributed by atoms with Crippen molar-refractivity contribution in [3.8, 4) is 0 Å². The molecule has 2 aliphatic rings. The maximum Gasteiger partial charge on any atom is 0.191 e. The summed E-state index contributed by atoms with van der Waals surface area (Å²) in [6.45, 7) is 6.79. The van der Waals surface area contributed by atoms with Crippen LogP contribution in [0.3, 0.4) is 0 Å². The van der Waals surface area contributed by atoms with Crippen LogP contribution in [0.2, 0.25) is 5.02 Å². The molecule has 32 heavy (non-hydrogen) atoms. The van der Waals surface area contributed by atoms with Crippen molar-refractivity contribution in [3.05, 3.63) is 40.9 Å². The van der Waals surface area contributed by atoms with E-state index in [9.17, 15) is 0 Å². The number of benzene rings is 1. The number of aryl methyl sites for hydroxylation is 2. The van der Waals surface area contributed by atoms with E-state index in [1.807, 2.05) is 18.2 Å². The van der Waals surface area contributed by atoms with Gasteiger partial charge in [-0.25, -0.2) is 0 Å². The minimum atomic E-state index is 0. The molecule has 1 aromatic heterocycles. The highest BCUT2D eigenvalue weighted by Crippen LogP contribution is 2.23. The van der Waals surface area contributed by atoms with Crippen molar-refractivity contribution in [3.63, 3.8) is 0 Å². The molecule has 0 radical (unpaired) electrons. The van der Waals surface area contributed by atoms with Crippen molar-refractivity contribution >= 4 is 47.2 Å². The van der Waals surface area contributed by atoms with Gasteiger partial charge in [-0.05, 0) is 50.8 Å². The molecule has 0 spiro atoms. The van der Waals surface area contributed by atoms with Gasteiger partial charge in [0.2, 0.25) is 0 Å². The number of nitrogens with zero attached hydrogens (tertiary/aromatic N) is 5. The van der Waals surface area contributed by atoms with Crippen molar-refractivity contribution in [1.82, 2.24) is 25.4 Å². The van der Waals surface area contributed by atoms with Gasteiger partial charge < -0.3 is 20.1 Å². The maximum atomic E-state index is 6.16. The summed E-state index contributed by atoms with van der Waals surface area (Å²) in [6.07, 6.45) is 7.82. The van der Waals surface area contributed by atoms with Crippen LogP contribution >= 0.6 is 35.6 Å². The summed E-state index contributed by atoms with van der Waals surface area (Å²) in [4.78, 5) is 7.20. The Labute approximate surface area is 213 Å². The molecular formula is C23H35ClIN7. The zero-order chi connectivity index (χ0) is 21.5. The quantitative estimate of drug-likeness (QED) is 0.227. The highest BCUT2D eigenvalue weighted by atomic mass is 127. The Bertz CT molecular complexity index is 885. The van der Waals surface area contributed by atoms with Crippen molar-refractivity contribution < 1.29 is 0 Å². The van der Waals surface area contributed by atoms with Crippen LogP contribution in [-0.4, -0.2) is 52.9 Å². The third-order valence-corrected chi connectivity index (χ3v) is 6.30. The third kappa shape index (κ3) is 6.73. The number of aromatic nitrogens is 3. The van der Waals surface area contributed by atoms with E-state index in [0.717, 1.165) is 81.0 Å². The lowest BCUT2D eigenvalue weighted by Crippen LogP contribution is -2.44. The average molecular weight is 572 g/mol. The van der Waals surface area contributed by atoms with Crippen LogP contribution in [-0.2, 0) is 19.4 Å². The summed E-state index contributed by atoms with van der Waals surface area (Å²) >= 11 is 6.16.